The molecule has 85 valence electrons. The third-order valence-corrected chi connectivity index (χ3v) is 1.30. The molecule has 0 saturated carbocycles. The fourth-order valence-electron chi connectivity index (χ4n) is 0.715. The first-order chi connectivity index (χ1) is 5.93. The quantitative estimate of drug-likeness (QED) is 0.617. The smallest absolute Gasteiger partial charge is 0.455 e. The molecular weight excluding hydrogens is 351 g/mol. The van der Waals surface area contributed by atoms with Gasteiger partial charge in [-0.1, -0.05) is 0 Å². The number of ketones is 1. The number of aromatic hydroxyl groups is 1. The van der Waals surface area contributed by atoms with Crippen molar-refractivity contribution >= 4 is 5.78 Å². The number of hydrogen-bond acceptors (Lipinski definition) is 3. The largest absolute Gasteiger partial charge is 0.507 e. The number of carbonyl (C=O) groups is 1. The second-order valence-electron chi connectivity index (χ2n) is 2.22. The summed E-state index contributed by atoms with van der Waals surface area (Å²) in [5.41, 5.74) is -0.838. The molecule has 0 saturated heterocycles. The van der Waals surface area contributed by atoms with Gasteiger partial charge in [0.25, 0.3) is 5.78 Å². The molecule has 0 aromatic carbocycles. The zero-order chi connectivity index (χ0) is 10.1. The molecule has 1 N–H and O–H groups in total. The van der Waals surface area contributed by atoms with Crippen LogP contribution < -0.4 is 0 Å². The summed E-state index contributed by atoms with van der Waals surface area (Å²) in [7, 11) is 0. The van der Waals surface area contributed by atoms with Gasteiger partial charge in [0.1, 0.15) is 5.75 Å². The number of pyridine rings is 1. The molecule has 1 rings (SSSR count). The molecule has 0 fully saturated rings. The summed E-state index contributed by atoms with van der Waals surface area (Å²) < 4.78 is 35.5. The Balaban J connectivity index is 0. The van der Waals surface area contributed by atoms with Gasteiger partial charge in [-0.15, -0.1) is 0 Å². The zero-order valence-electron chi connectivity index (χ0n) is 7.55. The fourth-order valence-corrected chi connectivity index (χ4v) is 0.715. The van der Waals surface area contributed by atoms with Crippen LogP contribution in [0.3, 0.4) is 0 Å². The van der Waals surface area contributed by atoms with Gasteiger partial charge in [0, 0.05) is 61.8 Å². The maximum atomic E-state index is 11.8. The van der Waals surface area contributed by atoms with Crippen LogP contribution in [0.2, 0.25) is 0 Å². The summed E-state index contributed by atoms with van der Waals surface area (Å²) in [4.78, 5) is 13.9. The normalized spacial score (nSPS) is 9.80. The first kappa shape index (κ1) is 17.4. The first-order valence-electron chi connectivity index (χ1n) is 3.17. The first-order valence-corrected chi connectivity index (χ1v) is 3.17. The van der Waals surface area contributed by atoms with Gasteiger partial charge in [-0.3, -0.25) is 9.78 Å². The van der Waals surface area contributed by atoms with Gasteiger partial charge >= 0.3 is 6.18 Å². The van der Waals surface area contributed by atoms with Crippen molar-refractivity contribution in [1.82, 2.24) is 4.98 Å². The molecule has 0 atom stereocenters. The van der Waals surface area contributed by atoms with Crippen LogP contribution in [-0.2, 0) is 0 Å². The van der Waals surface area contributed by atoms with E-state index >= 15 is 0 Å². The van der Waals surface area contributed by atoms with Crippen LogP contribution in [0.15, 0.2) is 18.5 Å². The minimum absolute atomic E-state index is 0. The van der Waals surface area contributed by atoms with Crippen LogP contribution in [0.5, 0.6) is 5.75 Å². The Bertz CT molecular complexity index is 341. The van der Waals surface area contributed by atoms with E-state index < -0.39 is 23.3 Å². The van der Waals surface area contributed by atoms with Crippen molar-refractivity contribution in [3.8, 4) is 5.75 Å². The van der Waals surface area contributed by atoms with E-state index in [4.69, 9.17) is 5.11 Å². The van der Waals surface area contributed by atoms with Crippen LogP contribution in [0.4, 0.5) is 13.2 Å². The van der Waals surface area contributed by atoms with Gasteiger partial charge in [-0.25, -0.2) is 0 Å². The topological polar surface area (TPSA) is 50.2 Å². The molecule has 0 aliphatic rings. The number of nitrogens with zero attached hydrogens (tertiary/aromatic N) is 1. The molecule has 1 heterocycles. The van der Waals surface area contributed by atoms with Gasteiger partial charge in [0.2, 0.25) is 0 Å². The van der Waals surface area contributed by atoms with E-state index in [2.05, 4.69) is 4.98 Å². The number of hydrogen-bond donors (Lipinski definition) is 1. The molecule has 0 unspecified atom stereocenters. The number of rotatable bonds is 1. The van der Waals surface area contributed by atoms with Gasteiger partial charge in [-0.05, 0) is 6.07 Å². The van der Waals surface area contributed by atoms with Gasteiger partial charge in [-0.2, -0.15) is 13.2 Å². The number of Topliss-reactive ketones (excluding diaryl/α,β-unsaturated/α-hetero) is 1. The Hall–Kier alpha value is -0.00558. The third-order valence-electron chi connectivity index (χ3n) is 1.30. The Kier molecular flexibility index (Phi) is 7.59. The summed E-state index contributed by atoms with van der Waals surface area (Å²) >= 11 is 0. The molecule has 0 aliphatic heterocycles. The Morgan fingerprint density at radius 2 is 1.93 bits per heavy atom. The maximum Gasteiger partial charge on any atom is 0.455 e. The number of aromatic nitrogens is 1. The SMILES string of the molecule is O=C(c1cnccc1O)C(F)(F)F.[CH3-].[Eu]. The summed E-state index contributed by atoms with van der Waals surface area (Å²) in [6, 6.07) is 0.916. The summed E-state index contributed by atoms with van der Waals surface area (Å²) in [5, 5.41) is 8.88. The zero-order valence-corrected chi connectivity index (χ0v) is 9.97. The molecule has 1 aromatic rings. The summed E-state index contributed by atoms with van der Waals surface area (Å²) in [5.74, 6) is -2.82. The number of carbonyl (C=O) groups excluding carboxylic acids is 1. The van der Waals surface area contributed by atoms with E-state index in [1.165, 1.54) is 0 Å². The van der Waals surface area contributed by atoms with Crippen LogP contribution >= 0.6 is 0 Å². The predicted molar refractivity (Wildman–Crippen MR) is 42.7 cm³/mol. The van der Waals surface area contributed by atoms with Crippen molar-refractivity contribution in [1.29, 1.82) is 0 Å². The van der Waals surface area contributed by atoms with E-state index in [9.17, 15) is 18.0 Å². The second-order valence-corrected chi connectivity index (χ2v) is 2.22. The van der Waals surface area contributed by atoms with Gasteiger partial charge in [0.05, 0.1) is 5.56 Å². The van der Waals surface area contributed by atoms with Crippen molar-refractivity contribution in [2.24, 2.45) is 0 Å². The summed E-state index contributed by atoms with van der Waals surface area (Å²) in [6.07, 6.45) is -3.23. The molecule has 0 bridgehead atoms. The summed E-state index contributed by atoms with van der Waals surface area (Å²) in [6.45, 7) is 0. The minimum Gasteiger partial charge on any atom is -0.507 e. The molecular formula is C8H7EuF3NO2-. The molecule has 0 spiro atoms. The minimum atomic E-state index is -4.99. The van der Waals surface area contributed by atoms with E-state index in [0.29, 0.717) is 6.20 Å². The van der Waals surface area contributed by atoms with Gasteiger partial charge < -0.3 is 12.5 Å². The molecule has 0 amide bonds. The van der Waals surface area contributed by atoms with Crippen molar-refractivity contribution in [2.75, 3.05) is 0 Å². The maximum absolute atomic E-state index is 11.8. The average Bonchev–Trinajstić information content (AvgIpc) is 2.02. The van der Waals surface area contributed by atoms with Crippen LogP contribution in [0.25, 0.3) is 0 Å². The standard InChI is InChI=1S/C7H4F3NO2.CH3.Eu/c8-7(9,10)6(13)4-3-11-2-1-5(4)12;;/h1-3H,(H,11,12);1H3;/q;-1;. The van der Waals surface area contributed by atoms with E-state index in [1.807, 2.05) is 0 Å². The molecule has 3 nitrogen and oxygen atoms in total. The Labute approximate surface area is 125 Å². The van der Waals surface area contributed by atoms with Crippen molar-refractivity contribution in [2.45, 2.75) is 6.18 Å². The number of alkyl halides is 3. The van der Waals surface area contributed by atoms with Crippen molar-refractivity contribution in [3.05, 3.63) is 31.5 Å². The monoisotopic (exact) mass is 359 g/mol. The van der Waals surface area contributed by atoms with Gasteiger partial charge in [0.15, 0.2) is 0 Å². The second kappa shape index (κ2) is 6.55. The predicted octanol–water partition coefficient (Wildman–Crippen LogP) is 1.98. The van der Waals surface area contributed by atoms with Crippen molar-refractivity contribution < 1.29 is 72.4 Å². The van der Waals surface area contributed by atoms with Crippen molar-refractivity contribution in [3.63, 3.8) is 0 Å². The van der Waals surface area contributed by atoms with Crippen LogP contribution in [-0.4, -0.2) is 22.1 Å². The van der Waals surface area contributed by atoms with E-state index in [1.54, 1.807) is 0 Å². The molecule has 0 aliphatic carbocycles. The Morgan fingerprint density at radius 3 is 2.33 bits per heavy atom. The number of halogens is 3. The molecule has 7 heteroatoms. The van der Waals surface area contributed by atoms with E-state index in [0.717, 1.165) is 12.3 Å². The third kappa shape index (κ3) is 4.57. The molecule has 1 aromatic heterocycles. The van der Waals surface area contributed by atoms with E-state index in [-0.39, 0.29) is 56.8 Å². The average molecular weight is 358 g/mol. The fraction of sp³-hybridized carbons (Fsp3) is 0.125. The molecule has 15 heavy (non-hydrogen) atoms. The van der Waals surface area contributed by atoms with Crippen LogP contribution in [0.1, 0.15) is 10.4 Å². The van der Waals surface area contributed by atoms with Crippen LogP contribution in [0, 0.1) is 56.8 Å². The molecule has 1 radical (unpaired) electrons. The Morgan fingerprint density at radius 1 is 1.40 bits per heavy atom.